The summed E-state index contributed by atoms with van der Waals surface area (Å²) in [6.07, 6.45) is 9.41. The monoisotopic (exact) mass is 709 g/mol. The maximum atomic E-state index is 13.6. The number of nitrogens with two attached hydrogens (primary N) is 1. The lowest BCUT2D eigenvalue weighted by molar-refractivity contribution is -0.151. The molecule has 0 aromatic heterocycles. The molecule has 0 saturated heterocycles. The van der Waals surface area contributed by atoms with Crippen LogP contribution in [0.4, 0.5) is 9.59 Å². The number of hydrogen-bond donors (Lipinski definition) is 3. The first-order valence-electron chi connectivity index (χ1n) is 17.9. The van der Waals surface area contributed by atoms with E-state index in [1.165, 1.54) is 0 Å². The van der Waals surface area contributed by atoms with Crippen molar-refractivity contribution in [1.29, 1.82) is 0 Å². The summed E-state index contributed by atoms with van der Waals surface area (Å²) in [5.41, 5.74) is 7.12. The van der Waals surface area contributed by atoms with Crippen LogP contribution in [0.2, 0.25) is 0 Å². The molecule has 0 radical (unpaired) electrons. The molecule has 10 heteroatoms. The first kappa shape index (κ1) is 44.8. The van der Waals surface area contributed by atoms with Crippen LogP contribution in [-0.4, -0.2) is 59.4 Å². The molecule has 10 nitrogen and oxygen atoms in total. The summed E-state index contributed by atoms with van der Waals surface area (Å²) < 4.78 is 16.7. The van der Waals surface area contributed by atoms with Gasteiger partial charge < -0.3 is 30.6 Å². The predicted octanol–water partition coefficient (Wildman–Crippen LogP) is 8.24. The number of rotatable bonds is 20. The van der Waals surface area contributed by atoms with Crippen LogP contribution in [0.25, 0.3) is 0 Å². The summed E-state index contributed by atoms with van der Waals surface area (Å²) in [4.78, 5) is 52.3. The average molecular weight is 710 g/mol. The first-order chi connectivity index (χ1) is 23.8. The Hall–Kier alpha value is -4.18. The number of amides is 2. The lowest BCUT2D eigenvalue weighted by Gasteiger charge is -2.31. The second-order valence-corrected chi connectivity index (χ2v) is 14.9. The van der Waals surface area contributed by atoms with Crippen LogP contribution < -0.4 is 16.4 Å². The highest BCUT2D eigenvalue weighted by Crippen LogP contribution is 2.31. The van der Waals surface area contributed by atoms with Gasteiger partial charge in [-0.3, -0.25) is 4.79 Å². The highest BCUT2D eigenvalue weighted by molar-refractivity contribution is 5.87. The van der Waals surface area contributed by atoms with E-state index in [1.54, 1.807) is 67.5 Å². The Morgan fingerprint density at radius 2 is 1.47 bits per heavy atom. The summed E-state index contributed by atoms with van der Waals surface area (Å²) >= 11 is 0. The molecule has 0 spiro atoms. The third-order valence-electron chi connectivity index (χ3n) is 8.00. The maximum Gasteiger partial charge on any atom is 0.408 e. The van der Waals surface area contributed by atoms with Crippen LogP contribution in [-0.2, 0) is 23.8 Å². The molecule has 51 heavy (non-hydrogen) atoms. The predicted molar refractivity (Wildman–Crippen MR) is 204 cm³/mol. The average Bonchev–Trinajstić information content (AvgIpc) is 3.03. The zero-order valence-electron chi connectivity index (χ0n) is 32.3. The lowest BCUT2D eigenvalue weighted by atomic mass is 9.80. The number of Topliss-reactive ketones (excluding diaryl/α,β-unsaturated/α-hetero) is 1. The molecule has 0 aliphatic carbocycles. The van der Waals surface area contributed by atoms with Gasteiger partial charge in [0.2, 0.25) is 0 Å². The number of carbonyl (C=O) groups excluding carboxylic acids is 4. The van der Waals surface area contributed by atoms with Crippen molar-refractivity contribution < 1.29 is 33.4 Å². The fraction of sp³-hybridized carbons (Fsp3) is 0.561. The minimum absolute atomic E-state index is 0.129. The Kier molecular flexibility index (Phi) is 19.3. The van der Waals surface area contributed by atoms with Crippen molar-refractivity contribution in [3.8, 4) is 0 Å². The fourth-order valence-corrected chi connectivity index (χ4v) is 5.46. The molecule has 6 atom stereocenters. The number of hydrogen-bond acceptors (Lipinski definition) is 8. The van der Waals surface area contributed by atoms with Crippen LogP contribution in [0.5, 0.6) is 0 Å². The topological polar surface area (TPSA) is 146 Å². The summed E-state index contributed by atoms with van der Waals surface area (Å²) in [5, 5.41) is 5.51. The van der Waals surface area contributed by atoms with Gasteiger partial charge in [-0.15, -0.1) is 0 Å². The third-order valence-corrected chi connectivity index (χ3v) is 8.00. The van der Waals surface area contributed by atoms with Gasteiger partial charge in [-0.05, 0) is 92.6 Å². The largest absolute Gasteiger partial charge is 0.461 e. The number of esters is 1. The van der Waals surface area contributed by atoms with Gasteiger partial charge in [0.25, 0.3) is 0 Å². The van der Waals surface area contributed by atoms with Gasteiger partial charge in [0.1, 0.15) is 23.3 Å². The summed E-state index contributed by atoms with van der Waals surface area (Å²) in [6.45, 7) is 24.0. The standard InChI is InChI=1S/C41H63N3O7/c1-12-15-20-28(4)31(26-34(36(45)14-3)43-38(47)50-40(6,7)8)24-25-33(42)32(30-22-18-17-19-23-30)27-35(44-39(48)51-41(9,10)11)37(46)49-29(5)21-16-13-2/h12-13,15-20,22-23,29,31-35H,1,4,14,21,24-27,42H2,2-3,5-11H3,(H,43,47)(H,44,48). The van der Waals surface area contributed by atoms with Gasteiger partial charge in [-0.25, -0.2) is 14.4 Å². The van der Waals surface area contributed by atoms with Crippen LogP contribution in [0, 0.1) is 5.92 Å². The lowest BCUT2D eigenvalue weighted by Crippen LogP contribution is -2.47. The molecule has 284 valence electrons. The molecule has 0 fully saturated rings. The Labute approximate surface area is 306 Å². The van der Waals surface area contributed by atoms with Gasteiger partial charge in [0, 0.05) is 24.8 Å². The Morgan fingerprint density at radius 3 is 1.98 bits per heavy atom. The molecular formula is C41H63N3O7. The van der Waals surface area contributed by atoms with Crippen molar-refractivity contribution in [2.45, 2.75) is 142 Å². The Bertz CT molecular complexity index is 1340. The van der Waals surface area contributed by atoms with Crippen LogP contribution in [0.15, 0.2) is 79.4 Å². The molecule has 1 rings (SSSR count). The van der Waals surface area contributed by atoms with E-state index in [9.17, 15) is 19.2 Å². The Morgan fingerprint density at radius 1 is 0.902 bits per heavy atom. The molecule has 0 heterocycles. The minimum atomic E-state index is -1.05. The third kappa shape index (κ3) is 18.6. The van der Waals surface area contributed by atoms with Crippen LogP contribution in [0.3, 0.4) is 0 Å². The number of nitrogens with one attached hydrogen (secondary N) is 2. The van der Waals surface area contributed by atoms with Crippen molar-refractivity contribution >= 4 is 23.9 Å². The van der Waals surface area contributed by atoms with Crippen LogP contribution in [0.1, 0.15) is 112 Å². The number of benzene rings is 1. The number of alkyl carbamates (subject to hydrolysis) is 2. The van der Waals surface area contributed by atoms with Gasteiger partial charge in [0.05, 0.1) is 6.04 Å². The number of ether oxygens (including phenoxy) is 3. The van der Waals surface area contributed by atoms with Crippen molar-refractivity contribution in [2.75, 3.05) is 0 Å². The van der Waals surface area contributed by atoms with E-state index in [0.29, 0.717) is 19.3 Å². The highest BCUT2D eigenvalue weighted by atomic mass is 16.6. The fourth-order valence-electron chi connectivity index (χ4n) is 5.46. The molecule has 4 N–H and O–H groups in total. The molecule has 6 unspecified atom stereocenters. The molecule has 0 aliphatic heterocycles. The number of ketones is 1. The van der Waals surface area contributed by atoms with E-state index >= 15 is 0 Å². The van der Waals surface area contributed by atoms with Gasteiger partial charge >= 0.3 is 18.2 Å². The van der Waals surface area contributed by atoms with Gasteiger partial charge in [-0.1, -0.05) is 86.4 Å². The molecule has 0 aliphatic rings. The summed E-state index contributed by atoms with van der Waals surface area (Å²) in [6, 6.07) is 7.25. The normalized spacial score (nSPS) is 15.6. The van der Waals surface area contributed by atoms with E-state index in [2.05, 4.69) is 23.8 Å². The molecule has 0 bridgehead atoms. The van der Waals surface area contributed by atoms with E-state index in [1.807, 2.05) is 55.5 Å². The molecule has 1 aromatic rings. The number of carbonyl (C=O) groups is 4. The SMILES string of the molecule is C=CC=CC(=C)C(CCC(N)C(CC(NC(=O)OC(C)(C)C)C(=O)OC(C)CC=CC)c1ccccc1)CC(NC(=O)OC(C)(C)C)C(=O)CC. The molecule has 0 saturated carbocycles. The highest BCUT2D eigenvalue weighted by Gasteiger charge is 2.33. The maximum absolute atomic E-state index is 13.6. The van der Waals surface area contributed by atoms with Crippen LogP contribution >= 0.6 is 0 Å². The van der Waals surface area contributed by atoms with Gasteiger partial charge in [-0.2, -0.15) is 0 Å². The smallest absolute Gasteiger partial charge is 0.408 e. The van der Waals surface area contributed by atoms with E-state index in [-0.39, 0.29) is 36.9 Å². The molecule has 2 amide bonds. The summed E-state index contributed by atoms with van der Waals surface area (Å²) in [7, 11) is 0. The second kappa shape index (κ2) is 21.9. The van der Waals surface area contributed by atoms with Crippen molar-refractivity contribution in [3.05, 3.63) is 85.0 Å². The number of allylic oxidation sites excluding steroid dienone is 5. The van der Waals surface area contributed by atoms with Crippen molar-refractivity contribution in [2.24, 2.45) is 11.7 Å². The Balaban J connectivity index is 3.44. The van der Waals surface area contributed by atoms with Crippen molar-refractivity contribution in [1.82, 2.24) is 10.6 Å². The molecule has 1 aromatic carbocycles. The zero-order valence-corrected chi connectivity index (χ0v) is 32.3. The van der Waals surface area contributed by atoms with E-state index in [0.717, 1.165) is 11.1 Å². The minimum Gasteiger partial charge on any atom is -0.461 e. The van der Waals surface area contributed by atoms with Crippen molar-refractivity contribution in [3.63, 3.8) is 0 Å². The van der Waals surface area contributed by atoms with Gasteiger partial charge in [0.15, 0.2) is 5.78 Å². The second-order valence-electron chi connectivity index (χ2n) is 14.9. The molecular weight excluding hydrogens is 646 g/mol. The quantitative estimate of drug-likeness (QED) is 0.0531. The zero-order chi connectivity index (χ0) is 38.8. The summed E-state index contributed by atoms with van der Waals surface area (Å²) in [5.74, 6) is -1.33. The first-order valence-corrected chi connectivity index (χ1v) is 17.9. The van der Waals surface area contributed by atoms with E-state index in [4.69, 9.17) is 19.9 Å². The van der Waals surface area contributed by atoms with E-state index < -0.39 is 53.6 Å².